The lowest BCUT2D eigenvalue weighted by Gasteiger charge is -2.19. The van der Waals surface area contributed by atoms with Crippen LogP contribution in [0, 0.1) is 5.92 Å². The van der Waals surface area contributed by atoms with Crippen molar-refractivity contribution < 1.29 is 19.1 Å². The van der Waals surface area contributed by atoms with Crippen LogP contribution in [0.5, 0.6) is 0 Å². The molecule has 1 amide bonds. The average molecular weight is 265 g/mol. The van der Waals surface area contributed by atoms with Crippen molar-refractivity contribution in [2.45, 2.75) is 26.5 Å². The highest BCUT2D eigenvalue weighted by molar-refractivity contribution is 5.81. The summed E-state index contributed by atoms with van der Waals surface area (Å²) in [4.78, 5) is 23.1. The number of alkyl carbamates (subject to hydrolysis) is 1. The average Bonchev–Trinajstić information content (AvgIpc) is 2.42. The van der Waals surface area contributed by atoms with Crippen LogP contribution in [0.15, 0.2) is 30.3 Å². The van der Waals surface area contributed by atoms with Gasteiger partial charge in [-0.2, -0.15) is 0 Å². The Hall–Kier alpha value is -2.04. The van der Waals surface area contributed by atoms with Crippen molar-refractivity contribution in [3.05, 3.63) is 35.9 Å². The number of hydrogen-bond acceptors (Lipinski definition) is 4. The minimum absolute atomic E-state index is 0.0725. The second-order valence-corrected chi connectivity index (χ2v) is 4.45. The molecule has 1 rings (SSSR count). The van der Waals surface area contributed by atoms with Gasteiger partial charge in [0.15, 0.2) is 0 Å². The van der Waals surface area contributed by atoms with Crippen molar-refractivity contribution >= 4 is 12.1 Å². The van der Waals surface area contributed by atoms with E-state index in [2.05, 4.69) is 10.1 Å². The van der Waals surface area contributed by atoms with E-state index in [0.29, 0.717) is 0 Å². The van der Waals surface area contributed by atoms with Gasteiger partial charge >= 0.3 is 12.1 Å². The topological polar surface area (TPSA) is 64.6 Å². The van der Waals surface area contributed by atoms with Crippen molar-refractivity contribution in [3.63, 3.8) is 0 Å². The van der Waals surface area contributed by atoms with Crippen LogP contribution in [0.2, 0.25) is 0 Å². The molecule has 1 aromatic carbocycles. The van der Waals surface area contributed by atoms with E-state index in [1.165, 1.54) is 7.11 Å². The fraction of sp³-hybridized carbons (Fsp3) is 0.429. The minimum atomic E-state index is -0.701. The zero-order valence-electron chi connectivity index (χ0n) is 11.4. The van der Waals surface area contributed by atoms with Crippen LogP contribution in [0.1, 0.15) is 19.4 Å². The number of rotatable bonds is 5. The summed E-state index contributed by atoms with van der Waals surface area (Å²) in [5, 5.41) is 2.50. The van der Waals surface area contributed by atoms with Gasteiger partial charge < -0.3 is 14.8 Å². The quantitative estimate of drug-likeness (QED) is 0.828. The van der Waals surface area contributed by atoms with Gasteiger partial charge in [-0.05, 0) is 11.5 Å². The third-order valence-electron chi connectivity index (χ3n) is 2.61. The van der Waals surface area contributed by atoms with E-state index in [9.17, 15) is 9.59 Å². The van der Waals surface area contributed by atoms with Gasteiger partial charge in [-0.15, -0.1) is 0 Å². The first-order chi connectivity index (χ1) is 9.04. The van der Waals surface area contributed by atoms with Gasteiger partial charge in [-0.1, -0.05) is 44.2 Å². The van der Waals surface area contributed by atoms with Crippen molar-refractivity contribution in [3.8, 4) is 0 Å². The summed E-state index contributed by atoms with van der Waals surface area (Å²) in [6, 6.07) is 8.62. The molecule has 0 fully saturated rings. The number of methoxy groups -OCH3 is 1. The van der Waals surface area contributed by atoms with Crippen molar-refractivity contribution in [1.29, 1.82) is 0 Å². The fourth-order valence-corrected chi connectivity index (χ4v) is 1.52. The summed E-state index contributed by atoms with van der Waals surface area (Å²) in [7, 11) is 1.29. The molecule has 1 aromatic rings. The first-order valence-electron chi connectivity index (χ1n) is 6.09. The van der Waals surface area contributed by atoms with Gasteiger partial charge in [0, 0.05) is 0 Å². The molecule has 0 bridgehead atoms. The van der Waals surface area contributed by atoms with Crippen LogP contribution in [-0.4, -0.2) is 25.2 Å². The van der Waals surface area contributed by atoms with Crippen LogP contribution >= 0.6 is 0 Å². The highest BCUT2D eigenvalue weighted by Gasteiger charge is 2.25. The number of amides is 1. The molecule has 0 saturated heterocycles. The Bertz CT molecular complexity index is 417. The van der Waals surface area contributed by atoms with Gasteiger partial charge in [-0.3, -0.25) is 0 Å². The lowest BCUT2D eigenvalue weighted by molar-refractivity contribution is -0.144. The Morgan fingerprint density at radius 3 is 2.37 bits per heavy atom. The summed E-state index contributed by atoms with van der Waals surface area (Å²) in [6.07, 6.45) is -0.632. The Morgan fingerprint density at radius 2 is 1.84 bits per heavy atom. The van der Waals surface area contributed by atoms with Gasteiger partial charge in [0.05, 0.1) is 7.11 Å². The zero-order valence-corrected chi connectivity index (χ0v) is 11.4. The molecule has 104 valence electrons. The predicted octanol–water partition coefficient (Wildman–Crippen LogP) is 2.11. The van der Waals surface area contributed by atoms with E-state index < -0.39 is 18.1 Å². The van der Waals surface area contributed by atoms with Gasteiger partial charge in [0.2, 0.25) is 0 Å². The monoisotopic (exact) mass is 265 g/mol. The first-order valence-corrected chi connectivity index (χ1v) is 6.09. The van der Waals surface area contributed by atoms with Crippen LogP contribution in [0.3, 0.4) is 0 Å². The highest BCUT2D eigenvalue weighted by atomic mass is 16.6. The van der Waals surface area contributed by atoms with Crippen molar-refractivity contribution in [1.82, 2.24) is 5.32 Å². The number of nitrogens with one attached hydrogen (secondary N) is 1. The molecule has 0 aliphatic heterocycles. The normalized spacial score (nSPS) is 11.8. The lowest BCUT2D eigenvalue weighted by Crippen LogP contribution is -2.45. The molecule has 0 saturated carbocycles. The number of hydrogen-bond donors (Lipinski definition) is 1. The Balaban J connectivity index is 2.47. The fourth-order valence-electron chi connectivity index (χ4n) is 1.52. The Morgan fingerprint density at radius 1 is 1.21 bits per heavy atom. The van der Waals surface area contributed by atoms with Crippen molar-refractivity contribution in [2.75, 3.05) is 7.11 Å². The number of carbonyl (C=O) groups is 2. The van der Waals surface area contributed by atoms with Gasteiger partial charge in [0.25, 0.3) is 0 Å². The molecule has 0 aliphatic carbocycles. The second-order valence-electron chi connectivity index (χ2n) is 4.45. The number of esters is 1. The standard InChI is InChI=1S/C14H19NO4/c1-10(2)12(13(16)18-3)15-14(17)19-9-11-7-5-4-6-8-11/h4-8,10,12H,9H2,1-3H3,(H,15,17)/t12-/m0/s1. The number of carbonyl (C=O) groups excluding carboxylic acids is 2. The molecule has 1 atom stereocenters. The summed E-state index contributed by atoms with van der Waals surface area (Å²) >= 11 is 0. The minimum Gasteiger partial charge on any atom is -0.467 e. The maximum atomic E-state index is 11.6. The van der Waals surface area contributed by atoms with Gasteiger partial charge in [-0.25, -0.2) is 9.59 Å². The third-order valence-corrected chi connectivity index (χ3v) is 2.61. The molecule has 0 aliphatic rings. The maximum Gasteiger partial charge on any atom is 0.408 e. The number of ether oxygens (including phenoxy) is 2. The summed E-state index contributed by atoms with van der Waals surface area (Å²) in [5.74, 6) is -0.552. The summed E-state index contributed by atoms with van der Waals surface area (Å²) in [6.45, 7) is 3.80. The summed E-state index contributed by atoms with van der Waals surface area (Å²) < 4.78 is 9.67. The molecule has 0 spiro atoms. The Labute approximate surface area is 112 Å². The SMILES string of the molecule is COC(=O)[C@@H](NC(=O)OCc1ccccc1)C(C)C. The molecule has 0 unspecified atom stereocenters. The Kier molecular flexibility index (Phi) is 5.85. The number of benzene rings is 1. The third kappa shape index (κ3) is 4.99. The zero-order chi connectivity index (χ0) is 14.3. The van der Waals surface area contributed by atoms with E-state index in [4.69, 9.17) is 4.74 Å². The predicted molar refractivity (Wildman–Crippen MR) is 70.4 cm³/mol. The largest absolute Gasteiger partial charge is 0.467 e. The second kappa shape index (κ2) is 7.41. The van der Waals surface area contributed by atoms with Crippen LogP contribution in [0.25, 0.3) is 0 Å². The maximum absolute atomic E-state index is 11.6. The summed E-state index contributed by atoms with van der Waals surface area (Å²) in [5.41, 5.74) is 0.886. The van der Waals surface area contributed by atoms with E-state index >= 15 is 0 Å². The molecule has 1 N–H and O–H groups in total. The van der Waals surface area contributed by atoms with Crippen LogP contribution in [-0.2, 0) is 20.9 Å². The van der Waals surface area contributed by atoms with Gasteiger partial charge in [0.1, 0.15) is 12.6 Å². The highest BCUT2D eigenvalue weighted by Crippen LogP contribution is 2.05. The van der Waals surface area contributed by atoms with E-state index in [0.717, 1.165) is 5.56 Å². The molecular weight excluding hydrogens is 246 g/mol. The van der Waals surface area contributed by atoms with Crippen LogP contribution in [0.4, 0.5) is 4.79 Å². The smallest absolute Gasteiger partial charge is 0.408 e. The molecule has 0 aromatic heterocycles. The molecule has 5 heteroatoms. The molecule has 0 radical (unpaired) electrons. The van der Waals surface area contributed by atoms with Crippen molar-refractivity contribution in [2.24, 2.45) is 5.92 Å². The molecule has 0 heterocycles. The molecular formula is C14H19NO4. The van der Waals surface area contributed by atoms with E-state index in [1.807, 2.05) is 44.2 Å². The van der Waals surface area contributed by atoms with E-state index in [1.54, 1.807) is 0 Å². The molecule has 5 nitrogen and oxygen atoms in total. The van der Waals surface area contributed by atoms with Crippen LogP contribution < -0.4 is 5.32 Å². The lowest BCUT2D eigenvalue weighted by atomic mass is 10.1. The molecule has 19 heavy (non-hydrogen) atoms. The first kappa shape index (κ1) is 15.0. The van der Waals surface area contributed by atoms with E-state index in [-0.39, 0.29) is 12.5 Å².